The second kappa shape index (κ2) is 23.5. The van der Waals surface area contributed by atoms with E-state index >= 15 is 0 Å². The number of benzene rings is 1. The van der Waals surface area contributed by atoms with E-state index in [-0.39, 0.29) is 75.1 Å². The highest BCUT2D eigenvalue weighted by Crippen LogP contribution is 2.23. The third-order valence-corrected chi connectivity index (χ3v) is 6.18. The van der Waals surface area contributed by atoms with Crippen molar-refractivity contribution < 1.29 is 58.6 Å². The fourth-order valence-corrected chi connectivity index (χ4v) is 3.81. The zero-order valence-electron chi connectivity index (χ0n) is 24.4. The molecular weight excluding hydrogens is 552 g/mol. The highest BCUT2D eigenvalue weighted by Gasteiger charge is 2.29. The summed E-state index contributed by atoms with van der Waals surface area (Å²) in [6, 6.07) is 2.16. The Kier molecular flexibility index (Phi) is 20.7. The molecule has 0 bridgehead atoms. The molecule has 0 aliphatic heterocycles. The predicted molar refractivity (Wildman–Crippen MR) is 151 cm³/mol. The molecule has 0 atom stereocenters. The van der Waals surface area contributed by atoms with Crippen LogP contribution in [0.15, 0.2) is 12.1 Å². The Morgan fingerprint density at radius 3 is 0.786 bits per heavy atom. The average Bonchev–Trinajstić information content (AvgIpc) is 2.99. The van der Waals surface area contributed by atoms with Crippen LogP contribution in [0.4, 0.5) is 0 Å². The Bertz CT molecular complexity index is 800. The van der Waals surface area contributed by atoms with E-state index in [4.69, 9.17) is 39.4 Å². The molecule has 0 aliphatic rings. The maximum atomic E-state index is 13.1. The van der Waals surface area contributed by atoms with Crippen LogP contribution in [0.3, 0.4) is 0 Å². The van der Waals surface area contributed by atoms with Crippen LogP contribution in [0.25, 0.3) is 0 Å². The molecule has 0 spiro atoms. The van der Waals surface area contributed by atoms with Gasteiger partial charge in [-0.05, 0) is 89.2 Å². The first-order valence-electron chi connectivity index (χ1n) is 14.7. The Hall–Kier alpha value is -3.06. The Labute approximate surface area is 246 Å². The molecule has 0 fully saturated rings. The number of rotatable bonds is 24. The van der Waals surface area contributed by atoms with Crippen LogP contribution in [0.2, 0.25) is 0 Å². The largest absolute Gasteiger partial charge is 0.462 e. The SMILES string of the molecule is O=C(OCCCCCO)c1cc(C(=O)OCCCCCO)c(C(=O)OCCCCCO)cc1C(=O)OCCCCCO. The summed E-state index contributed by atoms with van der Waals surface area (Å²) >= 11 is 0. The summed E-state index contributed by atoms with van der Waals surface area (Å²) in [5.41, 5.74) is -1.10. The van der Waals surface area contributed by atoms with Crippen molar-refractivity contribution >= 4 is 23.9 Å². The topological polar surface area (TPSA) is 186 Å². The zero-order valence-corrected chi connectivity index (χ0v) is 24.4. The molecule has 0 aromatic heterocycles. The Balaban J connectivity index is 3.32. The zero-order chi connectivity index (χ0) is 31.0. The maximum absolute atomic E-state index is 13.1. The van der Waals surface area contributed by atoms with Crippen molar-refractivity contribution in [2.75, 3.05) is 52.9 Å². The van der Waals surface area contributed by atoms with Crippen LogP contribution in [0, 0.1) is 0 Å². The fourth-order valence-electron chi connectivity index (χ4n) is 3.81. The Morgan fingerprint density at radius 2 is 0.595 bits per heavy atom. The van der Waals surface area contributed by atoms with Gasteiger partial charge in [-0.15, -0.1) is 0 Å². The summed E-state index contributed by atoms with van der Waals surface area (Å²) in [5.74, 6) is -3.58. The molecule has 1 aromatic rings. The summed E-state index contributed by atoms with van der Waals surface area (Å²) in [5, 5.41) is 35.8. The molecule has 42 heavy (non-hydrogen) atoms. The molecule has 0 heterocycles. The van der Waals surface area contributed by atoms with Crippen molar-refractivity contribution in [2.45, 2.75) is 77.0 Å². The molecule has 238 valence electrons. The van der Waals surface area contributed by atoms with Crippen molar-refractivity contribution in [1.82, 2.24) is 0 Å². The minimum Gasteiger partial charge on any atom is -0.462 e. The van der Waals surface area contributed by atoms with Crippen molar-refractivity contribution in [2.24, 2.45) is 0 Å². The lowest BCUT2D eigenvalue weighted by atomic mass is 9.97. The van der Waals surface area contributed by atoms with Crippen molar-refractivity contribution in [3.05, 3.63) is 34.4 Å². The highest BCUT2D eigenvalue weighted by atomic mass is 16.5. The first-order chi connectivity index (χ1) is 20.4. The second-order valence-corrected chi connectivity index (χ2v) is 9.62. The number of aliphatic hydroxyl groups excluding tert-OH is 4. The molecule has 12 heteroatoms. The quantitative estimate of drug-likeness (QED) is 0.0775. The van der Waals surface area contributed by atoms with Crippen LogP contribution < -0.4 is 0 Å². The molecule has 1 aromatic carbocycles. The lowest BCUT2D eigenvalue weighted by Crippen LogP contribution is -2.21. The van der Waals surface area contributed by atoms with Gasteiger partial charge in [-0.3, -0.25) is 0 Å². The maximum Gasteiger partial charge on any atom is 0.339 e. The lowest BCUT2D eigenvalue weighted by Gasteiger charge is -2.15. The van der Waals surface area contributed by atoms with Gasteiger partial charge in [0, 0.05) is 26.4 Å². The van der Waals surface area contributed by atoms with E-state index in [0.29, 0.717) is 77.0 Å². The average molecular weight is 599 g/mol. The standard InChI is InChI=1S/C30H46O12/c31-13-5-1-9-17-39-27(35)23-21-25(29(37)41-19-11-3-7-15-33)26(30(38)42-20-12-4-8-16-34)22-24(23)28(36)40-18-10-2-6-14-32/h21-22,31-34H,1-20H2. The van der Waals surface area contributed by atoms with Gasteiger partial charge in [0.1, 0.15) is 0 Å². The van der Waals surface area contributed by atoms with Gasteiger partial charge in [-0.25, -0.2) is 19.2 Å². The Morgan fingerprint density at radius 1 is 0.381 bits per heavy atom. The van der Waals surface area contributed by atoms with E-state index in [0.717, 1.165) is 12.1 Å². The number of aliphatic hydroxyl groups is 4. The first kappa shape index (κ1) is 37.0. The number of hydrogen-bond acceptors (Lipinski definition) is 12. The van der Waals surface area contributed by atoms with Crippen molar-refractivity contribution in [1.29, 1.82) is 0 Å². The monoisotopic (exact) mass is 598 g/mol. The van der Waals surface area contributed by atoms with Gasteiger partial charge >= 0.3 is 23.9 Å². The second-order valence-electron chi connectivity index (χ2n) is 9.62. The molecule has 0 radical (unpaired) electrons. The summed E-state index contributed by atoms with van der Waals surface area (Å²) in [7, 11) is 0. The number of carbonyl (C=O) groups is 4. The van der Waals surface area contributed by atoms with Gasteiger partial charge in [-0.1, -0.05) is 0 Å². The van der Waals surface area contributed by atoms with Crippen molar-refractivity contribution in [3.8, 4) is 0 Å². The van der Waals surface area contributed by atoms with E-state index in [9.17, 15) is 19.2 Å². The number of ether oxygens (including phenoxy) is 4. The summed E-state index contributed by atoms with van der Waals surface area (Å²) in [4.78, 5) is 52.2. The van der Waals surface area contributed by atoms with Gasteiger partial charge < -0.3 is 39.4 Å². The van der Waals surface area contributed by atoms with Gasteiger partial charge in [-0.2, -0.15) is 0 Å². The van der Waals surface area contributed by atoms with Gasteiger partial charge in [0.05, 0.1) is 48.7 Å². The van der Waals surface area contributed by atoms with Crippen LogP contribution in [0.5, 0.6) is 0 Å². The van der Waals surface area contributed by atoms with Crippen LogP contribution in [-0.4, -0.2) is 97.2 Å². The summed E-state index contributed by atoms with van der Waals surface area (Å²) in [6.45, 7) is 0.0693. The number of hydrogen-bond donors (Lipinski definition) is 4. The first-order valence-corrected chi connectivity index (χ1v) is 14.7. The van der Waals surface area contributed by atoms with E-state index < -0.39 is 23.9 Å². The van der Waals surface area contributed by atoms with Crippen LogP contribution >= 0.6 is 0 Å². The van der Waals surface area contributed by atoms with E-state index in [2.05, 4.69) is 0 Å². The minimum absolute atomic E-state index is 0.00665. The number of carbonyl (C=O) groups excluding carboxylic acids is 4. The summed E-state index contributed by atoms with van der Waals surface area (Å²) in [6.07, 6.45) is 6.50. The molecule has 0 amide bonds. The van der Waals surface area contributed by atoms with E-state index in [1.54, 1.807) is 0 Å². The molecule has 4 N–H and O–H groups in total. The lowest BCUT2D eigenvalue weighted by molar-refractivity contribution is 0.0433. The smallest absolute Gasteiger partial charge is 0.339 e. The molecule has 0 saturated carbocycles. The number of esters is 4. The van der Waals surface area contributed by atoms with E-state index in [1.807, 2.05) is 0 Å². The normalized spacial score (nSPS) is 10.8. The molecule has 1 rings (SSSR count). The highest BCUT2D eigenvalue weighted by molar-refractivity contribution is 6.10. The fraction of sp³-hybridized carbons (Fsp3) is 0.667. The predicted octanol–water partition coefficient (Wildman–Crippen LogP) is 2.96. The molecule has 0 saturated heterocycles. The van der Waals surface area contributed by atoms with Crippen LogP contribution in [0.1, 0.15) is 118 Å². The van der Waals surface area contributed by atoms with Gasteiger partial charge in [0.2, 0.25) is 0 Å². The van der Waals surface area contributed by atoms with Gasteiger partial charge in [0.15, 0.2) is 0 Å². The molecule has 0 unspecified atom stereocenters. The van der Waals surface area contributed by atoms with Crippen LogP contribution in [-0.2, 0) is 18.9 Å². The summed E-state index contributed by atoms with van der Waals surface area (Å²) < 4.78 is 21.3. The van der Waals surface area contributed by atoms with Crippen molar-refractivity contribution in [3.63, 3.8) is 0 Å². The molecular formula is C30H46O12. The van der Waals surface area contributed by atoms with Gasteiger partial charge in [0.25, 0.3) is 0 Å². The molecule has 0 aliphatic carbocycles. The minimum atomic E-state index is -0.896. The number of unbranched alkanes of at least 4 members (excludes halogenated alkanes) is 8. The third kappa shape index (κ3) is 14.7. The third-order valence-electron chi connectivity index (χ3n) is 6.18. The van der Waals surface area contributed by atoms with E-state index in [1.165, 1.54) is 0 Å². The molecule has 12 nitrogen and oxygen atoms in total.